The molecular formula is C15H20O3. The van der Waals surface area contributed by atoms with E-state index in [-0.39, 0.29) is 23.8 Å². The van der Waals surface area contributed by atoms with Gasteiger partial charge in [-0.25, -0.2) is 4.79 Å². The van der Waals surface area contributed by atoms with E-state index in [4.69, 9.17) is 4.74 Å². The average Bonchev–Trinajstić information content (AvgIpc) is 2.75. The quantitative estimate of drug-likeness (QED) is 0.488. The van der Waals surface area contributed by atoms with Crippen LogP contribution < -0.4 is 0 Å². The highest BCUT2D eigenvalue weighted by Crippen LogP contribution is 2.56. The van der Waals surface area contributed by atoms with E-state index in [9.17, 15) is 9.59 Å². The topological polar surface area (TPSA) is 43.4 Å². The molecule has 98 valence electrons. The van der Waals surface area contributed by atoms with E-state index in [1.165, 1.54) is 0 Å². The Balaban J connectivity index is 2.07. The van der Waals surface area contributed by atoms with Crippen molar-refractivity contribution in [1.82, 2.24) is 0 Å². The van der Waals surface area contributed by atoms with Gasteiger partial charge in [-0.05, 0) is 38.0 Å². The first-order valence-electron chi connectivity index (χ1n) is 6.89. The molecule has 2 aliphatic carbocycles. The number of fused-ring (bicyclic) bond motifs is 3. The minimum Gasteiger partial charge on any atom is -0.457 e. The van der Waals surface area contributed by atoms with Crippen LogP contribution in [0.25, 0.3) is 0 Å². The summed E-state index contributed by atoms with van der Waals surface area (Å²) < 4.78 is 5.53. The molecule has 3 aliphatic rings. The van der Waals surface area contributed by atoms with Crippen LogP contribution >= 0.6 is 0 Å². The third-order valence-electron chi connectivity index (χ3n) is 5.57. The monoisotopic (exact) mass is 248 g/mol. The highest BCUT2D eigenvalue weighted by Gasteiger charge is 2.60. The standard InChI is InChI=1S/C15H20O3/c1-8-4-5-10-9(2)14(17)18-13(10)15(3)11(8)6-7-12(15)16/h8,10-11,13H,2,4-7H2,1,3H3/t8-,10?,11?,13+,15-/m0/s1. The summed E-state index contributed by atoms with van der Waals surface area (Å²) in [6, 6.07) is 0. The predicted molar refractivity (Wildman–Crippen MR) is 66.7 cm³/mol. The second kappa shape index (κ2) is 3.69. The molecule has 0 spiro atoms. The van der Waals surface area contributed by atoms with Gasteiger partial charge in [0.25, 0.3) is 0 Å². The largest absolute Gasteiger partial charge is 0.457 e. The molecule has 1 aliphatic heterocycles. The first-order valence-corrected chi connectivity index (χ1v) is 6.89. The van der Waals surface area contributed by atoms with Crippen molar-refractivity contribution in [3.8, 4) is 0 Å². The summed E-state index contributed by atoms with van der Waals surface area (Å²) in [5.74, 6) is 0.923. The molecule has 2 saturated carbocycles. The van der Waals surface area contributed by atoms with Gasteiger partial charge in [0.05, 0.1) is 5.41 Å². The Morgan fingerprint density at radius 1 is 1.28 bits per heavy atom. The number of esters is 1. The second-order valence-electron chi connectivity index (χ2n) is 6.36. The molecule has 0 bridgehead atoms. The van der Waals surface area contributed by atoms with Gasteiger partial charge in [0.15, 0.2) is 0 Å². The van der Waals surface area contributed by atoms with Crippen molar-refractivity contribution in [2.45, 2.75) is 45.6 Å². The van der Waals surface area contributed by atoms with Crippen molar-refractivity contribution in [1.29, 1.82) is 0 Å². The number of hydrogen-bond acceptors (Lipinski definition) is 3. The lowest BCUT2D eigenvalue weighted by Gasteiger charge is -2.36. The molecule has 0 aromatic heterocycles. The number of ketones is 1. The van der Waals surface area contributed by atoms with E-state index >= 15 is 0 Å². The molecule has 0 aromatic carbocycles. The fourth-order valence-corrected chi connectivity index (χ4v) is 4.42. The van der Waals surface area contributed by atoms with Crippen LogP contribution in [0.4, 0.5) is 0 Å². The minimum atomic E-state index is -0.477. The van der Waals surface area contributed by atoms with E-state index < -0.39 is 5.41 Å². The number of carbonyl (C=O) groups excluding carboxylic acids is 2. The van der Waals surface area contributed by atoms with Crippen LogP contribution in [-0.4, -0.2) is 17.9 Å². The van der Waals surface area contributed by atoms with Crippen molar-refractivity contribution in [2.24, 2.45) is 23.2 Å². The van der Waals surface area contributed by atoms with Gasteiger partial charge in [0.2, 0.25) is 0 Å². The zero-order valence-electron chi connectivity index (χ0n) is 11.1. The summed E-state index contributed by atoms with van der Waals surface area (Å²) >= 11 is 0. The lowest BCUT2D eigenvalue weighted by Crippen LogP contribution is -2.44. The number of ether oxygens (including phenoxy) is 1. The van der Waals surface area contributed by atoms with Crippen LogP contribution in [0.2, 0.25) is 0 Å². The molecule has 1 saturated heterocycles. The molecule has 0 radical (unpaired) electrons. The van der Waals surface area contributed by atoms with Gasteiger partial charge in [0.1, 0.15) is 11.9 Å². The Kier molecular flexibility index (Phi) is 2.45. The first-order chi connectivity index (χ1) is 8.46. The molecule has 3 heteroatoms. The molecular weight excluding hydrogens is 228 g/mol. The number of Topliss-reactive ketones (excluding diaryl/α,β-unsaturated/α-hetero) is 1. The Labute approximate surface area is 108 Å². The Hall–Kier alpha value is -1.12. The number of hydrogen-bond donors (Lipinski definition) is 0. The summed E-state index contributed by atoms with van der Waals surface area (Å²) in [5.41, 5.74) is 0.101. The van der Waals surface area contributed by atoms with Crippen LogP contribution in [0.1, 0.15) is 39.5 Å². The van der Waals surface area contributed by atoms with Crippen LogP contribution in [-0.2, 0) is 14.3 Å². The second-order valence-corrected chi connectivity index (χ2v) is 6.36. The zero-order valence-corrected chi connectivity index (χ0v) is 11.1. The van der Waals surface area contributed by atoms with Gasteiger partial charge in [-0.2, -0.15) is 0 Å². The molecule has 0 amide bonds. The Morgan fingerprint density at radius 3 is 2.72 bits per heavy atom. The van der Waals surface area contributed by atoms with Gasteiger partial charge < -0.3 is 4.74 Å². The van der Waals surface area contributed by atoms with Crippen molar-refractivity contribution in [2.75, 3.05) is 0 Å². The van der Waals surface area contributed by atoms with Crippen LogP contribution in [0.5, 0.6) is 0 Å². The summed E-state index contributed by atoms with van der Waals surface area (Å²) in [6.45, 7) is 8.11. The predicted octanol–water partition coefficient (Wildman–Crippen LogP) is 2.50. The average molecular weight is 248 g/mol. The third kappa shape index (κ3) is 1.30. The van der Waals surface area contributed by atoms with Gasteiger partial charge in [0, 0.05) is 17.9 Å². The summed E-state index contributed by atoms with van der Waals surface area (Å²) in [5, 5.41) is 0. The van der Waals surface area contributed by atoms with E-state index in [1.54, 1.807) is 0 Å². The fraction of sp³-hybridized carbons (Fsp3) is 0.733. The smallest absolute Gasteiger partial charge is 0.334 e. The van der Waals surface area contributed by atoms with Crippen LogP contribution in [0.15, 0.2) is 12.2 Å². The maximum atomic E-state index is 12.4. The fourth-order valence-electron chi connectivity index (χ4n) is 4.42. The SMILES string of the molecule is C=C1C(=O)O[C@@H]2C1CC[C@H](C)C1CCC(=O)[C@]12C. The lowest BCUT2D eigenvalue weighted by molar-refractivity contribution is -0.151. The Bertz CT molecular complexity index is 439. The maximum Gasteiger partial charge on any atom is 0.334 e. The maximum absolute atomic E-state index is 12.4. The normalized spacial score (nSPS) is 47.6. The lowest BCUT2D eigenvalue weighted by atomic mass is 9.68. The summed E-state index contributed by atoms with van der Waals surface area (Å²) in [4.78, 5) is 24.1. The molecule has 3 rings (SSSR count). The van der Waals surface area contributed by atoms with Crippen molar-refractivity contribution < 1.29 is 14.3 Å². The summed E-state index contributed by atoms with van der Waals surface area (Å²) in [6.07, 6.45) is 3.31. The number of carbonyl (C=O) groups is 2. The molecule has 5 atom stereocenters. The number of rotatable bonds is 0. The van der Waals surface area contributed by atoms with Gasteiger partial charge >= 0.3 is 5.97 Å². The molecule has 3 nitrogen and oxygen atoms in total. The minimum absolute atomic E-state index is 0.0528. The molecule has 2 unspecified atom stereocenters. The molecule has 0 N–H and O–H groups in total. The third-order valence-corrected chi connectivity index (χ3v) is 5.57. The van der Waals surface area contributed by atoms with E-state index in [0.717, 1.165) is 19.3 Å². The van der Waals surface area contributed by atoms with Crippen LogP contribution in [0, 0.1) is 23.2 Å². The van der Waals surface area contributed by atoms with E-state index in [0.29, 0.717) is 23.8 Å². The first kappa shape index (κ1) is 11.9. The summed E-state index contributed by atoms with van der Waals surface area (Å²) in [7, 11) is 0. The van der Waals surface area contributed by atoms with E-state index in [1.807, 2.05) is 6.92 Å². The molecule has 18 heavy (non-hydrogen) atoms. The molecule has 1 heterocycles. The van der Waals surface area contributed by atoms with Gasteiger partial charge in [-0.1, -0.05) is 13.5 Å². The van der Waals surface area contributed by atoms with Crippen molar-refractivity contribution >= 4 is 11.8 Å². The Morgan fingerprint density at radius 2 is 2.00 bits per heavy atom. The van der Waals surface area contributed by atoms with Crippen molar-refractivity contribution in [3.05, 3.63) is 12.2 Å². The molecule has 3 fully saturated rings. The van der Waals surface area contributed by atoms with Crippen LogP contribution in [0.3, 0.4) is 0 Å². The van der Waals surface area contributed by atoms with Crippen molar-refractivity contribution in [3.63, 3.8) is 0 Å². The highest BCUT2D eigenvalue weighted by atomic mass is 16.6. The zero-order chi connectivity index (χ0) is 13.1. The van der Waals surface area contributed by atoms with Gasteiger partial charge in [-0.3, -0.25) is 4.79 Å². The van der Waals surface area contributed by atoms with E-state index in [2.05, 4.69) is 13.5 Å². The molecule has 0 aromatic rings. The highest BCUT2D eigenvalue weighted by molar-refractivity contribution is 5.94. The van der Waals surface area contributed by atoms with Gasteiger partial charge in [-0.15, -0.1) is 0 Å².